The number of thiophene rings is 1. The van der Waals surface area contributed by atoms with Gasteiger partial charge in [0.05, 0.1) is 12.6 Å². The van der Waals surface area contributed by atoms with Crippen molar-refractivity contribution >= 4 is 34.3 Å². The highest BCUT2D eigenvalue weighted by Crippen LogP contribution is 2.22. The lowest BCUT2D eigenvalue weighted by atomic mass is 10.2. The summed E-state index contributed by atoms with van der Waals surface area (Å²) in [5, 5.41) is 4.79. The Morgan fingerprint density at radius 3 is 2.89 bits per heavy atom. The van der Waals surface area contributed by atoms with E-state index < -0.39 is 11.5 Å². The Bertz CT molecular complexity index is 1040. The molecule has 0 fully saturated rings. The molecule has 0 aromatic carbocycles. The summed E-state index contributed by atoms with van der Waals surface area (Å²) in [5.74, 6) is -0.736. The number of esters is 1. The number of furan rings is 1. The zero-order chi connectivity index (χ0) is 19.6. The number of amides is 1. The van der Waals surface area contributed by atoms with E-state index in [1.54, 1.807) is 13.8 Å². The van der Waals surface area contributed by atoms with Gasteiger partial charge < -0.3 is 14.5 Å². The minimum absolute atomic E-state index is 0.0209. The van der Waals surface area contributed by atoms with Crippen LogP contribution in [0, 0.1) is 6.92 Å². The Morgan fingerprint density at radius 1 is 1.44 bits per heavy atom. The molecule has 9 heteroatoms. The standard InChI is InChI=1S/C18H19N3O5S/c1-4-25-18(24)14-11(3)26-16-15(14)17(23)21(9-19-16)8-13(22)20-10(2)12-6-5-7-27-12/h5-7,9-10H,4,8H2,1-3H3,(H,20,22)/t10-/m0/s1. The van der Waals surface area contributed by atoms with Gasteiger partial charge in [0.25, 0.3) is 5.56 Å². The van der Waals surface area contributed by atoms with Crippen LogP contribution < -0.4 is 10.9 Å². The molecule has 27 heavy (non-hydrogen) atoms. The molecule has 3 aromatic heterocycles. The minimum Gasteiger partial charge on any atom is -0.462 e. The maximum Gasteiger partial charge on any atom is 0.342 e. The predicted octanol–water partition coefficient (Wildman–Crippen LogP) is 2.41. The second-order valence-electron chi connectivity index (χ2n) is 5.92. The van der Waals surface area contributed by atoms with Crippen LogP contribution in [0.2, 0.25) is 0 Å². The lowest BCUT2D eigenvalue weighted by Gasteiger charge is -2.12. The Labute approximate surface area is 158 Å². The SMILES string of the molecule is CCOC(=O)c1c(C)oc2ncn(CC(=O)N[C@@H](C)c3cccs3)c(=O)c12. The molecule has 0 saturated heterocycles. The molecule has 1 N–H and O–H groups in total. The normalized spacial score (nSPS) is 12.1. The zero-order valence-corrected chi connectivity index (χ0v) is 16.0. The number of hydrogen-bond donors (Lipinski definition) is 1. The van der Waals surface area contributed by atoms with Gasteiger partial charge in [0, 0.05) is 4.88 Å². The maximum atomic E-state index is 12.8. The Morgan fingerprint density at radius 2 is 2.22 bits per heavy atom. The van der Waals surface area contributed by atoms with E-state index in [0.29, 0.717) is 0 Å². The van der Waals surface area contributed by atoms with Gasteiger partial charge in [0.1, 0.15) is 29.6 Å². The molecular weight excluding hydrogens is 370 g/mol. The van der Waals surface area contributed by atoms with Crippen LogP contribution in [0.1, 0.15) is 40.9 Å². The Kier molecular flexibility index (Phi) is 5.41. The molecule has 1 amide bonds. The molecule has 0 unspecified atom stereocenters. The Hall–Kier alpha value is -2.94. The molecule has 3 rings (SSSR count). The number of ether oxygens (including phenoxy) is 1. The fourth-order valence-corrected chi connectivity index (χ4v) is 3.48. The first-order chi connectivity index (χ1) is 12.9. The first kappa shape index (κ1) is 18.8. The average Bonchev–Trinajstić information content (AvgIpc) is 3.25. The quantitative estimate of drug-likeness (QED) is 0.650. The van der Waals surface area contributed by atoms with E-state index >= 15 is 0 Å². The van der Waals surface area contributed by atoms with Crippen LogP contribution in [0.3, 0.4) is 0 Å². The van der Waals surface area contributed by atoms with Crippen LogP contribution in [-0.2, 0) is 16.1 Å². The first-order valence-electron chi connectivity index (χ1n) is 8.40. The molecule has 0 bridgehead atoms. The van der Waals surface area contributed by atoms with Crippen molar-refractivity contribution in [3.63, 3.8) is 0 Å². The molecule has 0 radical (unpaired) electrons. The third-order valence-corrected chi connectivity index (χ3v) is 5.05. The monoisotopic (exact) mass is 389 g/mol. The van der Waals surface area contributed by atoms with Crippen LogP contribution in [0.15, 0.2) is 33.1 Å². The van der Waals surface area contributed by atoms with Crippen molar-refractivity contribution < 1.29 is 18.7 Å². The van der Waals surface area contributed by atoms with Gasteiger partial charge >= 0.3 is 5.97 Å². The molecule has 0 spiro atoms. The summed E-state index contributed by atoms with van der Waals surface area (Å²) in [6.45, 7) is 5.05. The van der Waals surface area contributed by atoms with Crippen molar-refractivity contribution in [3.05, 3.63) is 50.4 Å². The molecule has 0 aliphatic carbocycles. The van der Waals surface area contributed by atoms with Gasteiger partial charge in [-0.3, -0.25) is 14.2 Å². The lowest BCUT2D eigenvalue weighted by molar-refractivity contribution is -0.122. The maximum absolute atomic E-state index is 12.8. The van der Waals surface area contributed by atoms with Gasteiger partial charge in [-0.1, -0.05) is 6.07 Å². The number of fused-ring (bicyclic) bond motifs is 1. The topological polar surface area (TPSA) is 103 Å². The van der Waals surface area contributed by atoms with E-state index in [9.17, 15) is 14.4 Å². The van der Waals surface area contributed by atoms with Crippen LogP contribution in [0.4, 0.5) is 0 Å². The summed E-state index contributed by atoms with van der Waals surface area (Å²) < 4.78 is 11.5. The highest BCUT2D eigenvalue weighted by molar-refractivity contribution is 7.10. The largest absolute Gasteiger partial charge is 0.462 e. The summed E-state index contributed by atoms with van der Waals surface area (Å²) in [5.41, 5.74) is -0.436. The molecule has 1 atom stereocenters. The van der Waals surface area contributed by atoms with Crippen molar-refractivity contribution in [2.24, 2.45) is 0 Å². The third-order valence-electron chi connectivity index (χ3n) is 4.00. The van der Waals surface area contributed by atoms with E-state index in [2.05, 4.69) is 10.3 Å². The number of aryl methyl sites for hydroxylation is 1. The van der Waals surface area contributed by atoms with Crippen molar-refractivity contribution in [1.82, 2.24) is 14.9 Å². The highest BCUT2D eigenvalue weighted by atomic mass is 32.1. The predicted molar refractivity (Wildman–Crippen MR) is 99.8 cm³/mol. The number of nitrogens with zero attached hydrogens (tertiary/aromatic N) is 2. The van der Waals surface area contributed by atoms with E-state index in [-0.39, 0.29) is 47.5 Å². The average molecular weight is 389 g/mol. The smallest absolute Gasteiger partial charge is 0.342 e. The molecule has 3 aromatic rings. The van der Waals surface area contributed by atoms with Crippen molar-refractivity contribution in [3.8, 4) is 0 Å². The number of carbonyl (C=O) groups excluding carboxylic acids is 2. The molecule has 0 aliphatic rings. The van der Waals surface area contributed by atoms with E-state index in [4.69, 9.17) is 9.15 Å². The summed E-state index contributed by atoms with van der Waals surface area (Å²) in [7, 11) is 0. The minimum atomic E-state index is -0.652. The summed E-state index contributed by atoms with van der Waals surface area (Å²) in [6.07, 6.45) is 1.23. The third kappa shape index (κ3) is 3.77. The van der Waals surface area contributed by atoms with Crippen molar-refractivity contribution in [1.29, 1.82) is 0 Å². The van der Waals surface area contributed by atoms with E-state index in [1.165, 1.54) is 17.7 Å². The van der Waals surface area contributed by atoms with Gasteiger partial charge in [-0.15, -0.1) is 11.3 Å². The first-order valence-corrected chi connectivity index (χ1v) is 9.28. The van der Waals surface area contributed by atoms with E-state index in [0.717, 1.165) is 9.44 Å². The van der Waals surface area contributed by atoms with Gasteiger partial charge in [-0.2, -0.15) is 0 Å². The van der Waals surface area contributed by atoms with Gasteiger partial charge in [0.2, 0.25) is 11.6 Å². The number of carbonyl (C=O) groups is 2. The highest BCUT2D eigenvalue weighted by Gasteiger charge is 2.24. The molecular formula is C18H19N3O5S. The van der Waals surface area contributed by atoms with Gasteiger partial charge in [-0.25, -0.2) is 9.78 Å². The van der Waals surface area contributed by atoms with Crippen LogP contribution in [-0.4, -0.2) is 28.0 Å². The van der Waals surface area contributed by atoms with Crippen molar-refractivity contribution in [2.75, 3.05) is 6.61 Å². The molecule has 0 saturated carbocycles. The lowest BCUT2D eigenvalue weighted by Crippen LogP contribution is -2.33. The number of aromatic nitrogens is 2. The summed E-state index contributed by atoms with van der Waals surface area (Å²) >= 11 is 1.54. The van der Waals surface area contributed by atoms with E-state index in [1.807, 2.05) is 24.4 Å². The van der Waals surface area contributed by atoms with Gasteiger partial charge in [0.15, 0.2) is 0 Å². The number of rotatable bonds is 6. The molecule has 8 nitrogen and oxygen atoms in total. The summed E-state index contributed by atoms with van der Waals surface area (Å²) in [4.78, 5) is 42.4. The zero-order valence-electron chi connectivity index (χ0n) is 15.1. The number of hydrogen-bond acceptors (Lipinski definition) is 7. The fourth-order valence-electron chi connectivity index (χ4n) is 2.75. The molecule has 3 heterocycles. The van der Waals surface area contributed by atoms with Crippen LogP contribution in [0.5, 0.6) is 0 Å². The molecule has 0 aliphatic heterocycles. The van der Waals surface area contributed by atoms with Gasteiger partial charge in [-0.05, 0) is 32.2 Å². The summed E-state index contributed by atoms with van der Waals surface area (Å²) in [6, 6.07) is 3.66. The van der Waals surface area contributed by atoms with Crippen molar-refractivity contribution in [2.45, 2.75) is 33.4 Å². The second-order valence-corrected chi connectivity index (χ2v) is 6.90. The number of nitrogens with one attached hydrogen (secondary N) is 1. The Balaban J connectivity index is 1.88. The van der Waals surface area contributed by atoms with Crippen LogP contribution >= 0.6 is 11.3 Å². The van der Waals surface area contributed by atoms with Crippen LogP contribution in [0.25, 0.3) is 11.1 Å². The second kappa shape index (κ2) is 7.75. The molecule has 142 valence electrons. The fraction of sp³-hybridized carbons (Fsp3) is 0.333.